The Balaban J connectivity index is 1.48. The zero-order chi connectivity index (χ0) is 22.4. The van der Waals surface area contributed by atoms with Crippen LogP contribution in [0.25, 0.3) is 0 Å². The Morgan fingerprint density at radius 3 is 2.16 bits per heavy atom. The third-order valence-corrected chi connectivity index (χ3v) is 4.74. The predicted octanol–water partition coefficient (Wildman–Crippen LogP) is 3.79. The lowest BCUT2D eigenvalue weighted by atomic mass is 9.87. The molecule has 1 atom stereocenters. The van der Waals surface area contributed by atoms with Gasteiger partial charge in [-0.05, 0) is 54.3 Å². The highest BCUT2D eigenvalue weighted by molar-refractivity contribution is 5.94. The first-order valence-corrected chi connectivity index (χ1v) is 10.0. The van der Waals surface area contributed by atoms with Crippen LogP contribution in [0.5, 0.6) is 5.75 Å². The zero-order valence-corrected chi connectivity index (χ0v) is 18.1. The fourth-order valence-corrected chi connectivity index (χ4v) is 2.82. The number of nitrogens with one attached hydrogen (secondary N) is 2. The Labute approximate surface area is 181 Å². The number of nitrogens with zero attached hydrogens (tertiary/aromatic N) is 3. The molecule has 31 heavy (non-hydrogen) atoms. The van der Waals surface area contributed by atoms with Crippen LogP contribution in [-0.2, 0) is 15.0 Å². The van der Waals surface area contributed by atoms with Gasteiger partial charge in [-0.15, -0.1) is 0 Å². The van der Waals surface area contributed by atoms with Gasteiger partial charge in [0, 0.05) is 11.4 Å². The molecular formula is C23H27N5O3. The summed E-state index contributed by atoms with van der Waals surface area (Å²) < 4.78 is 7.04. The molecule has 2 N–H and O–H groups in total. The molecule has 0 saturated heterocycles. The summed E-state index contributed by atoms with van der Waals surface area (Å²) in [7, 11) is 0. The summed E-state index contributed by atoms with van der Waals surface area (Å²) in [6.07, 6.45) is 2.87. The number of aromatic nitrogens is 3. The van der Waals surface area contributed by atoms with Gasteiger partial charge < -0.3 is 15.4 Å². The van der Waals surface area contributed by atoms with Crippen LogP contribution in [0.3, 0.4) is 0 Å². The summed E-state index contributed by atoms with van der Waals surface area (Å²) in [6.45, 7) is 8.07. The molecule has 2 amide bonds. The predicted molar refractivity (Wildman–Crippen MR) is 119 cm³/mol. The summed E-state index contributed by atoms with van der Waals surface area (Å²) in [5.74, 6) is 0.160. The SMILES string of the molecule is CC(C(=O)Nc1ccc(NC(=O)COc2ccc(C(C)(C)C)cc2)cc1)n1cncn1. The lowest BCUT2D eigenvalue weighted by molar-refractivity contribution is -0.119. The Morgan fingerprint density at radius 1 is 1.00 bits per heavy atom. The molecular weight excluding hydrogens is 394 g/mol. The molecule has 0 aliphatic carbocycles. The van der Waals surface area contributed by atoms with Crippen LogP contribution < -0.4 is 15.4 Å². The summed E-state index contributed by atoms with van der Waals surface area (Å²) in [6, 6.07) is 14.1. The molecule has 3 aromatic rings. The second-order valence-corrected chi connectivity index (χ2v) is 8.23. The molecule has 1 heterocycles. The van der Waals surface area contributed by atoms with Crippen LogP contribution >= 0.6 is 0 Å². The summed E-state index contributed by atoms with van der Waals surface area (Å²) in [4.78, 5) is 28.3. The number of benzene rings is 2. The molecule has 2 aromatic carbocycles. The van der Waals surface area contributed by atoms with Crippen molar-refractivity contribution in [3.8, 4) is 5.75 Å². The molecule has 8 nitrogen and oxygen atoms in total. The van der Waals surface area contributed by atoms with Crippen molar-refractivity contribution in [3.05, 3.63) is 66.7 Å². The number of hydrogen-bond donors (Lipinski definition) is 2. The van der Waals surface area contributed by atoms with Crippen LogP contribution in [0.1, 0.15) is 39.3 Å². The van der Waals surface area contributed by atoms with Crippen molar-refractivity contribution in [1.29, 1.82) is 0 Å². The van der Waals surface area contributed by atoms with E-state index in [2.05, 4.69) is 41.5 Å². The largest absolute Gasteiger partial charge is 0.484 e. The van der Waals surface area contributed by atoms with Gasteiger partial charge in [-0.2, -0.15) is 5.10 Å². The normalized spacial score (nSPS) is 12.1. The quantitative estimate of drug-likeness (QED) is 0.605. The second-order valence-electron chi connectivity index (χ2n) is 8.23. The average Bonchev–Trinajstić information content (AvgIpc) is 3.27. The second kappa shape index (κ2) is 9.42. The molecule has 0 aliphatic heterocycles. The van der Waals surface area contributed by atoms with Gasteiger partial charge in [0.25, 0.3) is 5.91 Å². The highest BCUT2D eigenvalue weighted by Crippen LogP contribution is 2.24. The first-order valence-electron chi connectivity index (χ1n) is 10.0. The topological polar surface area (TPSA) is 98.1 Å². The molecule has 0 saturated carbocycles. The van der Waals surface area contributed by atoms with Crippen molar-refractivity contribution in [1.82, 2.24) is 14.8 Å². The van der Waals surface area contributed by atoms with Crippen molar-refractivity contribution >= 4 is 23.2 Å². The third-order valence-electron chi connectivity index (χ3n) is 4.74. The molecule has 8 heteroatoms. The van der Waals surface area contributed by atoms with E-state index < -0.39 is 6.04 Å². The lowest BCUT2D eigenvalue weighted by Crippen LogP contribution is -2.24. The molecule has 3 rings (SSSR count). The number of rotatable bonds is 7. The van der Waals surface area contributed by atoms with Crippen LogP contribution in [-0.4, -0.2) is 33.2 Å². The zero-order valence-electron chi connectivity index (χ0n) is 18.1. The van der Waals surface area contributed by atoms with E-state index in [0.29, 0.717) is 17.1 Å². The van der Waals surface area contributed by atoms with Crippen LogP contribution in [0.2, 0.25) is 0 Å². The first-order chi connectivity index (χ1) is 14.7. The maximum atomic E-state index is 12.3. The number of carbonyl (C=O) groups is 2. The van der Waals surface area contributed by atoms with Gasteiger partial charge in [0.15, 0.2) is 6.61 Å². The smallest absolute Gasteiger partial charge is 0.262 e. The first kappa shape index (κ1) is 22.0. The van der Waals surface area contributed by atoms with E-state index in [-0.39, 0.29) is 23.8 Å². The van der Waals surface area contributed by atoms with Crippen LogP contribution in [0.4, 0.5) is 11.4 Å². The van der Waals surface area contributed by atoms with Crippen LogP contribution in [0.15, 0.2) is 61.2 Å². The molecule has 0 fully saturated rings. The van der Waals surface area contributed by atoms with Gasteiger partial charge in [-0.3, -0.25) is 9.59 Å². The van der Waals surface area contributed by atoms with Gasteiger partial charge in [0.2, 0.25) is 5.91 Å². The van der Waals surface area contributed by atoms with Crippen molar-refractivity contribution in [2.45, 2.75) is 39.2 Å². The molecule has 0 spiro atoms. The summed E-state index contributed by atoms with van der Waals surface area (Å²) in [5, 5.41) is 9.55. The lowest BCUT2D eigenvalue weighted by Gasteiger charge is -2.19. The van der Waals surface area contributed by atoms with Gasteiger partial charge in [-0.1, -0.05) is 32.9 Å². The molecule has 0 radical (unpaired) electrons. The Morgan fingerprint density at radius 2 is 1.61 bits per heavy atom. The number of anilines is 2. The maximum absolute atomic E-state index is 12.3. The molecule has 0 bridgehead atoms. The third kappa shape index (κ3) is 6.15. The Bertz CT molecular complexity index is 1010. The Hall–Kier alpha value is -3.68. The van der Waals surface area contributed by atoms with Gasteiger partial charge >= 0.3 is 0 Å². The fourth-order valence-electron chi connectivity index (χ4n) is 2.82. The van der Waals surface area contributed by atoms with Crippen molar-refractivity contribution in [2.75, 3.05) is 17.2 Å². The van der Waals surface area contributed by atoms with Crippen molar-refractivity contribution in [2.24, 2.45) is 0 Å². The van der Waals surface area contributed by atoms with E-state index >= 15 is 0 Å². The molecule has 162 valence electrons. The van der Waals surface area contributed by atoms with E-state index in [1.165, 1.54) is 22.9 Å². The number of hydrogen-bond acceptors (Lipinski definition) is 5. The molecule has 1 aromatic heterocycles. The number of carbonyl (C=O) groups excluding carboxylic acids is 2. The maximum Gasteiger partial charge on any atom is 0.262 e. The monoisotopic (exact) mass is 421 g/mol. The molecule has 1 unspecified atom stereocenters. The van der Waals surface area contributed by atoms with E-state index in [1.807, 2.05) is 24.3 Å². The van der Waals surface area contributed by atoms with Gasteiger partial charge in [0.05, 0.1) is 0 Å². The highest BCUT2D eigenvalue weighted by Gasteiger charge is 2.16. The molecule has 0 aliphatic rings. The van der Waals surface area contributed by atoms with E-state index in [9.17, 15) is 9.59 Å². The van der Waals surface area contributed by atoms with Crippen molar-refractivity contribution < 1.29 is 14.3 Å². The fraction of sp³-hybridized carbons (Fsp3) is 0.304. The number of ether oxygens (including phenoxy) is 1. The van der Waals surface area contributed by atoms with Crippen molar-refractivity contribution in [3.63, 3.8) is 0 Å². The number of amides is 2. The Kier molecular flexibility index (Phi) is 6.69. The van der Waals surface area contributed by atoms with E-state index in [0.717, 1.165) is 0 Å². The minimum Gasteiger partial charge on any atom is -0.484 e. The highest BCUT2D eigenvalue weighted by atomic mass is 16.5. The standard InChI is InChI=1S/C23H27N5O3/c1-16(28-15-24-14-25-28)22(30)27-19-9-7-18(8-10-19)26-21(29)13-31-20-11-5-17(6-12-20)23(2,3)4/h5-12,14-16H,13H2,1-4H3,(H,26,29)(H,27,30). The van der Waals surface area contributed by atoms with Gasteiger partial charge in [-0.25, -0.2) is 9.67 Å². The van der Waals surface area contributed by atoms with Crippen LogP contribution in [0, 0.1) is 0 Å². The minimum absolute atomic E-state index is 0.0654. The van der Waals surface area contributed by atoms with E-state index in [4.69, 9.17) is 4.74 Å². The van der Waals surface area contributed by atoms with E-state index in [1.54, 1.807) is 31.2 Å². The summed E-state index contributed by atoms with van der Waals surface area (Å²) in [5.41, 5.74) is 2.49. The van der Waals surface area contributed by atoms with Gasteiger partial charge in [0.1, 0.15) is 24.4 Å². The minimum atomic E-state index is -0.489. The average molecular weight is 422 g/mol. The summed E-state index contributed by atoms with van der Waals surface area (Å²) >= 11 is 0.